The van der Waals surface area contributed by atoms with Crippen LogP contribution in [0.3, 0.4) is 0 Å². The first-order valence-electron chi connectivity index (χ1n) is 5.79. The molecule has 2 aromatic heterocycles. The molecule has 0 aliphatic rings. The lowest BCUT2D eigenvalue weighted by atomic mass is 10.1. The van der Waals surface area contributed by atoms with Crippen molar-refractivity contribution in [3.8, 4) is 5.69 Å². The van der Waals surface area contributed by atoms with E-state index in [1.54, 1.807) is 30.7 Å². The summed E-state index contributed by atoms with van der Waals surface area (Å²) in [5.74, 6) is -0.928. The summed E-state index contributed by atoms with van der Waals surface area (Å²) in [5, 5.41) is 8.97. The Bertz CT molecular complexity index is 777. The smallest absolute Gasteiger partial charge is 0.335 e. The number of carbonyl (C=O) groups is 1. The van der Waals surface area contributed by atoms with Gasteiger partial charge in [-0.2, -0.15) is 0 Å². The van der Waals surface area contributed by atoms with Gasteiger partial charge in [-0.1, -0.05) is 0 Å². The number of aromatic carboxylic acids is 1. The van der Waals surface area contributed by atoms with Crippen molar-refractivity contribution < 1.29 is 9.90 Å². The van der Waals surface area contributed by atoms with E-state index in [0.717, 1.165) is 22.4 Å². The van der Waals surface area contributed by atoms with E-state index in [9.17, 15) is 4.79 Å². The van der Waals surface area contributed by atoms with Crippen LogP contribution in [0.4, 0.5) is 0 Å². The third-order valence-electron chi connectivity index (χ3n) is 3.01. The Labute approximate surface area is 109 Å². The van der Waals surface area contributed by atoms with Gasteiger partial charge in [-0.3, -0.25) is 4.57 Å². The van der Waals surface area contributed by atoms with Crippen molar-refractivity contribution in [2.75, 3.05) is 0 Å². The van der Waals surface area contributed by atoms with Crippen LogP contribution in [0, 0.1) is 6.92 Å². The number of nitrogens with zero attached hydrogens (tertiary/aromatic N) is 3. The number of fused-ring (bicyclic) bond motifs is 1. The number of benzene rings is 1. The maximum Gasteiger partial charge on any atom is 0.335 e. The summed E-state index contributed by atoms with van der Waals surface area (Å²) >= 11 is 0. The minimum Gasteiger partial charge on any atom is -0.478 e. The lowest BCUT2D eigenvalue weighted by Gasteiger charge is -2.08. The van der Waals surface area contributed by atoms with Crippen LogP contribution in [0.5, 0.6) is 0 Å². The fraction of sp³-hybridized carbons (Fsp3) is 0.0714. The van der Waals surface area contributed by atoms with Gasteiger partial charge in [0.05, 0.1) is 11.3 Å². The minimum absolute atomic E-state index is 0.277. The highest BCUT2D eigenvalue weighted by molar-refractivity contribution is 5.88. The Hall–Kier alpha value is -2.69. The predicted molar refractivity (Wildman–Crippen MR) is 70.6 cm³/mol. The van der Waals surface area contributed by atoms with Crippen molar-refractivity contribution in [1.82, 2.24) is 14.5 Å². The van der Waals surface area contributed by atoms with Crippen molar-refractivity contribution >= 4 is 17.1 Å². The number of imidazole rings is 1. The fourth-order valence-electron chi connectivity index (χ4n) is 2.08. The highest BCUT2D eigenvalue weighted by atomic mass is 16.4. The minimum atomic E-state index is -0.928. The average molecular weight is 253 g/mol. The van der Waals surface area contributed by atoms with Gasteiger partial charge in [0.15, 0.2) is 5.65 Å². The Morgan fingerprint density at radius 1 is 1.26 bits per heavy atom. The Morgan fingerprint density at radius 3 is 2.84 bits per heavy atom. The lowest BCUT2D eigenvalue weighted by Crippen LogP contribution is -2.01. The molecule has 0 unspecified atom stereocenters. The van der Waals surface area contributed by atoms with Crippen LogP contribution in [0.25, 0.3) is 16.9 Å². The normalized spacial score (nSPS) is 10.8. The quantitative estimate of drug-likeness (QED) is 0.761. The summed E-state index contributed by atoms with van der Waals surface area (Å²) in [6, 6.07) is 8.72. The van der Waals surface area contributed by atoms with Crippen molar-refractivity contribution in [3.63, 3.8) is 0 Å². The monoisotopic (exact) mass is 253 g/mol. The number of rotatable bonds is 2. The molecule has 3 rings (SSSR count). The molecule has 2 heterocycles. The first-order valence-corrected chi connectivity index (χ1v) is 5.79. The molecule has 5 heteroatoms. The average Bonchev–Trinajstić information content (AvgIpc) is 2.82. The standard InChI is InChI=1S/C14H11N3O2/c1-9-7-10(14(18)19)4-5-12(9)17-8-16-11-3-2-6-15-13(11)17/h2-8H,1H3,(H,18,19). The second-order valence-corrected chi connectivity index (χ2v) is 4.27. The Morgan fingerprint density at radius 2 is 2.11 bits per heavy atom. The van der Waals surface area contributed by atoms with Gasteiger partial charge in [-0.15, -0.1) is 0 Å². The zero-order chi connectivity index (χ0) is 13.4. The highest BCUT2D eigenvalue weighted by Gasteiger charge is 2.10. The van der Waals surface area contributed by atoms with Gasteiger partial charge >= 0.3 is 5.97 Å². The number of hydrogen-bond donors (Lipinski definition) is 1. The summed E-state index contributed by atoms with van der Waals surface area (Å²) in [7, 11) is 0. The van der Waals surface area contributed by atoms with Gasteiger partial charge in [0.2, 0.25) is 0 Å². The summed E-state index contributed by atoms with van der Waals surface area (Å²) in [6.45, 7) is 1.87. The van der Waals surface area contributed by atoms with Crippen molar-refractivity contribution in [1.29, 1.82) is 0 Å². The number of hydrogen-bond acceptors (Lipinski definition) is 3. The van der Waals surface area contributed by atoms with E-state index in [1.807, 2.05) is 23.6 Å². The van der Waals surface area contributed by atoms with E-state index in [1.165, 1.54) is 0 Å². The van der Waals surface area contributed by atoms with Crippen LogP contribution in [-0.2, 0) is 0 Å². The molecule has 0 atom stereocenters. The molecular formula is C14H11N3O2. The first-order chi connectivity index (χ1) is 9.16. The van der Waals surface area contributed by atoms with Crippen LogP contribution in [-0.4, -0.2) is 25.6 Å². The topological polar surface area (TPSA) is 68.0 Å². The summed E-state index contributed by atoms with van der Waals surface area (Å²) in [5.41, 5.74) is 3.59. The Balaban J connectivity index is 2.19. The third-order valence-corrected chi connectivity index (χ3v) is 3.01. The van der Waals surface area contributed by atoms with E-state index in [4.69, 9.17) is 5.11 Å². The molecule has 0 aliphatic carbocycles. The van der Waals surface area contributed by atoms with Crippen molar-refractivity contribution in [3.05, 3.63) is 54.0 Å². The van der Waals surface area contributed by atoms with Crippen LogP contribution >= 0.6 is 0 Å². The second-order valence-electron chi connectivity index (χ2n) is 4.27. The van der Waals surface area contributed by atoms with E-state index in [2.05, 4.69) is 9.97 Å². The summed E-state index contributed by atoms with van der Waals surface area (Å²) in [4.78, 5) is 19.5. The molecule has 94 valence electrons. The molecule has 1 aromatic carbocycles. The molecule has 0 spiro atoms. The van der Waals surface area contributed by atoms with Gasteiger partial charge in [0, 0.05) is 6.20 Å². The van der Waals surface area contributed by atoms with Gasteiger partial charge in [-0.25, -0.2) is 14.8 Å². The van der Waals surface area contributed by atoms with Crippen LogP contribution in [0.1, 0.15) is 15.9 Å². The molecule has 0 radical (unpaired) electrons. The number of carboxylic acids is 1. The van der Waals surface area contributed by atoms with Crippen molar-refractivity contribution in [2.24, 2.45) is 0 Å². The molecule has 0 saturated carbocycles. The van der Waals surface area contributed by atoms with Crippen LogP contribution in [0.2, 0.25) is 0 Å². The van der Waals surface area contributed by atoms with E-state index >= 15 is 0 Å². The SMILES string of the molecule is Cc1cc(C(=O)O)ccc1-n1cnc2cccnc21. The Kier molecular flexibility index (Phi) is 2.52. The zero-order valence-corrected chi connectivity index (χ0v) is 10.2. The number of pyridine rings is 1. The fourth-order valence-corrected chi connectivity index (χ4v) is 2.08. The second kappa shape index (κ2) is 4.20. The van der Waals surface area contributed by atoms with Gasteiger partial charge in [-0.05, 0) is 42.8 Å². The highest BCUT2D eigenvalue weighted by Crippen LogP contribution is 2.20. The van der Waals surface area contributed by atoms with Crippen LogP contribution in [0.15, 0.2) is 42.9 Å². The molecule has 1 N–H and O–H groups in total. The van der Waals surface area contributed by atoms with Gasteiger partial charge in [0.25, 0.3) is 0 Å². The maximum absolute atomic E-state index is 10.9. The number of carboxylic acid groups (broad SMARTS) is 1. The molecule has 19 heavy (non-hydrogen) atoms. The molecule has 0 saturated heterocycles. The molecular weight excluding hydrogens is 242 g/mol. The summed E-state index contributed by atoms with van der Waals surface area (Å²) in [6.07, 6.45) is 3.40. The third kappa shape index (κ3) is 1.85. The molecule has 0 amide bonds. The maximum atomic E-state index is 10.9. The van der Waals surface area contributed by atoms with E-state index in [-0.39, 0.29) is 5.56 Å². The van der Waals surface area contributed by atoms with Gasteiger partial charge in [0.1, 0.15) is 11.8 Å². The van der Waals surface area contributed by atoms with E-state index < -0.39 is 5.97 Å². The van der Waals surface area contributed by atoms with Crippen LogP contribution < -0.4 is 0 Å². The zero-order valence-electron chi connectivity index (χ0n) is 10.2. The molecule has 0 bridgehead atoms. The predicted octanol–water partition coefficient (Wildman–Crippen LogP) is 2.43. The number of aryl methyl sites for hydroxylation is 1. The lowest BCUT2D eigenvalue weighted by molar-refractivity contribution is 0.0697. The number of aromatic nitrogens is 3. The molecule has 5 nitrogen and oxygen atoms in total. The van der Waals surface area contributed by atoms with Crippen molar-refractivity contribution in [2.45, 2.75) is 6.92 Å². The first kappa shape index (κ1) is 11.4. The largest absolute Gasteiger partial charge is 0.478 e. The van der Waals surface area contributed by atoms with Gasteiger partial charge < -0.3 is 5.11 Å². The van der Waals surface area contributed by atoms with E-state index in [0.29, 0.717) is 0 Å². The summed E-state index contributed by atoms with van der Waals surface area (Å²) < 4.78 is 1.86. The molecule has 0 aliphatic heterocycles. The molecule has 0 fully saturated rings. The molecule has 3 aromatic rings.